The Morgan fingerprint density at radius 1 is 1.11 bits per heavy atom. The maximum absolute atomic E-state index is 11.7. The molecule has 0 bridgehead atoms. The first-order chi connectivity index (χ1) is 9.33. The maximum atomic E-state index is 11.7. The first-order valence-electron chi connectivity index (χ1n) is 5.99. The molecule has 0 aliphatic heterocycles. The number of rotatable bonds is 3. The summed E-state index contributed by atoms with van der Waals surface area (Å²) < 4.78 is 5.02. The number of aromatic nitrogens is 1. The lowest BCUT2D eigenvalue weighted by Gasteiger charge is -2.04. The molecule has 0 radical (unpaired) electrons. The molecule has 0 fully saturated rings. The van der Waals surface area contributed by atoms with Crippen LogP contribution in [0.2, 0.25) is 0 Å². The summed E-state index contributed by atoms with van der Waals surface area (Å²) in [4.78, 5) is 16.2. The monoisotopic (exact) mass is 252 g/mol. The van der Waals surface area contributed by atoms with E-state index >= 15 is 0 Å². The number of furan rings is 1. The second-order valence-corrected chi connectivity index (χ2v) is 4.16. The van der Waals surface area contributed by atoms with E-state index in [4.69, 9.17) is 4.42 Å². The zero-order valence-electron chi connectivity index (χ0n) is 10.2. The van der Waals surface area contributed by atoms with Crippen molar-refractivity contribution >= 4 is 16.8 Å². The standard InChI is InChI=1S/C15H12N2O2/c18-15(14-6-3-9-19-14)16-10-12-8-7-11-4-1-2-5-13(11)17-12/h1-9H,10H2,(H,16,18). The van der Waals surface area contributed by atoms with Gasteiger partial charge in [-0.15, -0.1) is 0 Å². The average Bonchev–Trinajstić information content (AvgIpc) is 2.99. The zero-order valence-corrected chi connectivity index (χ0v) is 10.2. The van der Waals surface area contributed by atoms with Crippen molar-refractivity contribution in [3.63, 3.8) is 0 Å². The molecule has 94 valence electrons. The number of nitrogens with zero attached hydrogens (tertiary/aromatic N) is 1. The second-order valence-electron chi connectivity index (χ2n) is 4.16. The third kappa shape index (κ3) is 2.47. The van der Waals surface area contributed by atoms with E-state index < -0.39 is 0 Å². The van der Waals surface area contributed by atoms with Crippen molar-refractivity contribution in [3.8, 4) is 0 Å². The van der Waals surface area contributed by atoms with Crippen LogP contribution in [0.5, 0.6) is 0 Å². The number of nitrogens with one attached hydrogen (secondary N) is 1. The number of benzene rings is 1. The van der Waals surface area contributed by atoms with Crippen molar-refractivity contribution in [2.24, 2.45) is 0 Å². The number of hydrogen-bond acceptors (Lipinski definition) is 3. The van der Waals surface area contributed by atoms with Gasteiger partial charge >= 0.3 is 0 Å². The van der Waals surface area contributed by atoms with Crippen LogP contribution in [0.4, 0.5) is 0 Å². The smallest absolute Gasteiger partial charge is 0.287 e. The van der Waals surface area contributed by atoms with Crippen LogP contribution in [0.3, 0.4) is 0 Å². The number of amides is 1. The molecule has 0 atom stereocenters. The van der Waals surface area contributed by atoms with Crippen molar-refractivity contribution in [1.82, 2.24) is 10.3 Å². The highest BCUT2D eigenvalue weighted by atomic mass is 16.3. The highest BCUT2D eigenvalue weighted by Crippen LogP contribution is 2.11. The average molecular weight is 252 g/mol. The fourth-order valence-electron chi connectivity index (χ4n) is 1.87. The lowest BCUT2D eigenvalue weighted by Crippen LogP contribution is -2.22. The predicted octanol–water partition coefficient (Wildman–Crippen LogP) is 2.76. The van der Waals surface area contributed by atoms with Crippen molar-refractivity contribution < 1.29 is 9.21 Å². The molecule has 0 aliphatic rings. The molecule has 3 rings (SSSR count). The van der Waals surface area contributed by atoms with E-state index in [0.29, 0.717) is 12.3 Å². The van der Waals surface area contributed by atoms with Crippen LogP contribution in [0.25, 0.3) is 10.9 Å². The summed E-state index contributed by atoms with van der Waals surface area (Å²) in [7, 11) is 0. The summed E-state index contributed by atoms with van der Waals surface area (Å²) >= 11 is 0. The van der Waals surface area contributed by atoms with Gasteiger partial charge in [0.05, 0.1) is 24.0 Å². The van der Waals surface area contributed by atoms with Gasteiger partial charge in [-0.1, -0.05) is 24.3 Å². The van der Waals surface area contributed by atoms with Crippen LogP contribution in [0, 0.1) is 0 Å². The third-order valence-corrected chi connectivity index (χ3v) is 2.83. The Morgan fingerprint density at radius 2 is 2.00 bits per heavy atom. The molecule has 2 heterocycles. The fourth-order valence-corrected chi connectivity index (χ4v) is 1.87. The molecule has 2 aromatic heterocycles. The number of pyridine rings is 1. The first kappa shape index (κ1) is 11.5. The maximum Gasteiger partial charge on any atom is 0.287 e. The summed E-state index contributed by atoms with van der Waals surface area (Å²) in [5.41, 5.74) is 1.74. The van der Waals surface area contributed by atoms with Gasteiger partial charge in [0.2, 0.25) is 0 Å². The van der Waals surface area contributed by atoms with Crippen molar-refractivity contribution in [2.75, 3.05) is 0 Å². The molecule has 1 N–H and O–H groups in total. The van der Waals surface area contributed by atoms with Gasteiger partial charge in [-0.05, 0) is 24.3 Å². The first-order valence-corrected chi connectivity index (χ1v) is 5.99. The summed E-state index contributed by atoms with van der Waals surface area (Å²) in [6.45, 7) is 0.379. The van der Waals surface area contributed by atoms with Crippen LogP contribution in [-0.4, -0.2) is 10.9 Å². The van der Waals surface area contributed by atoms with E-state index in [1.165, 1.54) is 6.26 Å². The summed E-state index contributed by atoms with van der Waals surface area (Å²) in [5, 5.41) is 3.86. The highest BCUT2D eigenvalue weighted by Gasteiger charge is 2.07. The molecule has 19 heavy (non-hydrogen) atoms. The molecule has 0 unspecified atom stereocenters. The molecule has 4 nitrogen and oxygen atoms in total. The van der Waals surface area contributed by atoms with Crippen molar-refractivity contribution in [2.45, 2.75) is 6.54 Å². The van der Waals surface area contributed by atoms with Gasteiger partial charge in [0, 0.05) is 5.39 Å². The molecular weight excluding hydrogens is 240 g/mol. The van der Waals surface area contributed by atoms with Crippen LogP contribution in [0.15, 0.2) is 59.2 Å². The molecule has 3 aromatic rings. The SMILES string of the molecule is O=C(NCc1ccc2ccccc2n1)c1ccco1. The number of hydrogen-bond donors (Lipinski definition) is 1. The topological polar surface area (TPSA) is 55.1 Å². The summed E-state index contributed by atoms with van der Waals surface area (Å²) in [6, 6.07) is 15.1. The van der Waals surface area contributed by atoms with Gasteiger partial charge in [0.15, 0.2) is 5.76 Å². The largest absolute Gasteiger partial charge is 0.459 e. The number of carbonyl (C=O) groups is 1. The molecule has 1 aromatic carbocycles. The Kier molecular flexibility index (Phi) is 2.98. The lowest BCUT2D eigenvalue weighted by atomic mass is 10.2. The van der Waals surface area contributed by atoms with Crippen LogP contribution in [0.1, 0.15) is 16.2 Å². The van der Waals surface area contributed by atoms with Crippen molar-refractivity contribution in [1.29, 1.82) is 0 Å². The van der Waals surface area contributed by atoms with Crippen LogP contribution >= 0.6 is 0 Å². The van der Waals surface area contributed by atoms with E-state index in [2.05, 4.69) is 10.3 Å². The molecule has 0 saturated heterocycles. The molecule has 0 spiro atoms. The minimum atomic E-state index is -0.236. The van der Waals surface area contributed by atoms with Gasteiger partial charge in [0.1, 0.15) is 0 Å². The Balaban J connectivity index is 1.73. The lowest BCUT2D eigenvalue weighted by molar-refractivity contribution is 0.0922. The molecule has 0 saturated carbocycles. The highest BCUT2D eigenvalue weighted by molar-refractivity contribution is 5.91. The van der Waals surface area contributed by atoms with Crippen molar-refractivity contribution in [3.05, 3.63) is 66.2 Å². The Bertz CT molecular complexity index is 705. The number of carbonyl (C=O) groups excluding carboxylic acids is 1. The minimum Gasteiger partial charge on any atom is -0.459 e. The minimum absolute atomic E-state index is 0.236. The van der Waals surface area contributed by atoms with Gasteiger partial charge < -0.3 is 9.73 Å². The Hall–Kier alpha value is -2.62. The summed E-state index contributed by atoms with van der Waals surface area (Å²) in [5.74, 6) is 0.0701. The number of para-hydroxylation sites is 1. The quantitative estimate of drug-likeness (QED) is 0.779. The third-order valence-electron chi connectivity index (χ3n) is 2.83. The van der Waals surface area contributed by atoms with E-state index in [1.54, 1.807) is 12.1 Å². The van der Waals surface area contributed by atoms with Gasteiger partial charge in [0.25, 0.3) is 5.91 Å². The van der Waals surface area contributed by atoms with E-state index in [1.807, 2.05) is 36.4 Å². The molecule has 4 heteroatoms. The Morgan fingerprint density at radius 3 is 2.84 bits per heavy atom. The van der Waals surface area contributed by atoms with Gasteiger partial charge in [-0.2, -0.15) is 0 Å². The van der Waals surface area contributed by atoms with E-state index in [9.17, 15) is 4.79 Å². The summed E-state index contributed by atoms with van der Waals surface area (Å²) in [6.07, 6.45) is 1.48. The zero-order chi connectivity index (χ0) is 13.1. The fraction of sp³-hybridized carbons (Fsp3) is 0.0667. The number of fused-ring (bicyclic) bond motifs is 1. The normalized spacial score (nSPS) is 10.5. The second kappa shape index (κ2) is 4.94. The molecule has 1 amide bonds. The van der Waals surface area contributed by atoms with E-state index in [0.717, 1.165) is 16.6 Å². The predicted molar refractivity (Wildman–Crippen MR) is 71.6 cm³/mol. The van der Waals surface area contributed by atoms with Gasteiger partial charge in [-0.3, -0.25) is 9.78 Å². The van der Waals surface area contributed by atoms with Gasteiger partial charge in [-0.25, -0.2) is 0 Å². The van der Waals surface area contributed by atoms with Crippen LogP contribution < -0.4 is 5.32 Å². The molecule has 0 aliphatic carbocycles. The van der Waals surface area contributed by atoms with Crippen LogP contribution in [-0.2, 0) is 6.54 Å². The Labute approximate surface area is 110 Å². The molecular formula is C15H12N2O2. The van der Waals surface area contributed by atoms with E-state index in [-0.39, 0.29) is 5.91 Å².